The number of aliphatic imine (C=N–C) groups is 1. The SMILES string of the molecule is CCNC(=NCCN(CC)c1cccc(C)c1)NC1CC1. The van der Waals surface area contributed by atoms with Crippen molar-refractivity contribution in [2.45, 2.75) is 39.7 Å². The predicted octanol–water partition coefficient (Wildman–Crippen LogP) is 2.54. The highest BCUT2D eigenvalue weighted by molar-refractivity contribution is 5.80. The Balaban J connectivity index is 1.88. The molecule has 0 spiro atoms. The monoisotopic (exact) mass is 288 g/mol. The molecule has 4 heteroatoms. The highest BCUT2D eigenvalue weighted by Crippen LogP contribution is 2.18. The van der Waals surface area contributed by atoms with Gasteiger partial charge in [-0.05, 0) is 51.3 Å². The minimum Gasteiger partial charge on any atom is -0.370 e. The molecule has 0 aromatic heterocycles. The first kappa shape index (κ1) is 15.7. The van der Waals surface area contributed by atoms with Gasteiger partial charge in [0.2, 0.25) is 0 Å². The Bertz CT molecular complexity index is 466. The lowest BCUT2D eigenvalue weighted by Crippen LogP contribution is -2.39. The molecular formula is C17H28N4. The Morgan fingerprint density at radius 2 is 2.14 bits per heavy atom. The lowest BCUT2D eigenvalue weighted by molar-refractivity contribution is 0.782. The number of rotatable bonds is 7. The van der Waals surface area contributed by atoms with Crippen molar-refractivity contribution >= 4 is 11.6 Å². The zero-order chi connectivity index (χ0) is 15.1. The summed E-state index contributed by atoms with van der Waals surface area (Å²) in [7, 11) is 0. The highest BCUT2D eigenvalue weighted by Gasteiger charge is 2.21. The van der Waals surface area contributed by atoms with E-state index in [9.17, 15) is 0 Å². The third-order valence-corrected chi connectivity index (χ3v) is 3.65. The molecule has 0 heterocycles. The van der Waals surface area contributed by atoms with E-state index in [0.717, 1.165) is 32.1 Å². The molecule has 0 saturated heterocycles. The second kappa shape index (κ2) is 7.91. The van der Waals surface area contributed by atoms with Gasteiger partial charge < -0.3 is 15.5 Å². The van der Waals surface area contributed by atoms with Crippen LogP contribution in [0.4, 0.5) is 5.69 Å². The summed E-state index contributed by atoms with van der Waals surface area (Å²) in [5, 5.41) is 6.77. The normalized spacial score (nSPS) is 14.9. The molecule has 0 radical (unpaired) electrons. The van der Waals surface area contributed by atoms with Crippen LogP contribution < -0.4 is 15.5 Å². The Kier molecular flexibility index (Phi) is 5.90. The molecule has 1 saturated carbocycles. The van der Waals surface area contributed by atoms with E-state index in [2.05, 4.69) is 65.6 Å². The molecule has 1 aromatic rings. The van der Waals surface area contributed by atoms with Gasteiger partial charge in [-0.1, -0.05) is 12.1 Å². The molecule has 116 valence electrons. The Morgan fingerprint density at radius 1 is 1.33 bits per heavy atom. The number of aryl methyl sites for hydroxylation is 1. The minimum atomic E-state index is 0.641. The molecule has 0 bridgehead atoms. The summed E-state index contributed by atoms with van der Waals surface area (Å²) in [4.78, 5) is 7.05. The van der Waals surface area contributed by atoms with Gasteiger partial charge in [-0.3, -0.25) is 4.99 Å². The molecule has 0 aliphatic heterocycles. The summed E-state index contributed by atoms with van der Waals surface area (Å²) in [6, 6.07) is 9.31. The van der Waals surface area contributed by atoms with Crippen molar-refractivity contribution < 1.29 is 0 Å². The van der Waals surface area contributed by atoms with E-state index in [0.29, 0.717) is 6.04 Å². The van der Waals surface area contributed by atoms with Crippen LogP contribution in [0.1, 0.15) is 32.3 Å². The first-order valence-corrected chi connectivity index (χ1v) is 8.09. The number of anilines is 1. The van der Waals surface area contributed by atoms with Gasteiger partial charge in [0.25, 0.3) is 0 Å². The molecule has 2 N–H and O–H groups in total. The van der Waals surface area contributed by atoms with Gasteiger partial charge in [0.05, 0.1) is 6.54 Å². The van der Waals surface area contributed by atoms with Crippen LogP contribution in [0.15, 0.2) is 29.3 Å². The Labute approximate surface area is 128 Å². The maximum absolute atomic E-state index is 4.68. The highest BCUT2D eigenvalue weighted by atomic mass is 15.2. The number of nitrogens with one attached hydrogen (secondary N) is 2. The molecule has 1 fully saturated rings. The van der Waals surface area contributed by atoms with Gasteiger partial charge >= 0.3 is 0 Å². The molecule has 21 heavy (non-hydrogen) atoms. The number of nitrogens with zero attached hydrogens (tertiary/aromatic N) is 2. The van der Waals surface area contributed by atoms with Gasteiger partial charge in [-0.25, -0.2) is 0 Å². The zero-order valence-electron chi connectivity index (χ0n) is 13.5. The van der Waals surface area contributed by atoms with Crippen LogP contribution in [0.25, 0.3) is 0 Å². The van der Waals surface area contributed by atoms with E-state index in [1.165, 1.54) is 24.1 Å². The second-order valence-corrected chi connectivity index (χ2v) is 5.60. The summed E-state index contributed by atoms with van der Waals surface area (Å²) >= 11 is 0. The predicted molar refractivity (Wildman–Crippen MR) is 91.2 cm³/mol. The lowest BCUT2D eigenvalue weighted by atomic mass is 10.2. The molecule has 0 unspecified atom stereocenters. The van der Waals surface area contributed by atoms with Crippen molar-refractivity contribution in [2.75, 3.05) is 31.1 Å². The van der Waals surface area contributed by atoms with Gasteiger partial charge in [0.15, 0.2) is 5.96 Å². The van der Waals surface area contributed by atoms with Crippen molar-refractivity contribution in [3.8, 4) is 0 Å². The second-order valence-electron chi connectivity index (χ2n) is 5.60. The van der Waals surface area contributed by atoms with Crippen LogP contribution in [0, 0.1) is 6.92 Å². The molecule has 1 aliphatic carbocycles. The van der Waals surface area contributed by atoms with Crippen molar-refractivity contribution in [3.05, 3.63) is 29.8 Å². The molecule has 4 nitrogen and oxygen atoms in total. The Hall–Kier alpha value is -1.71. The van der Waals surface area contributed by atoms with Crippen LogP contribution in [-0.4, -0.2) is 38.2 Å². The van der Waals surface area contributed by atoms with Crippen molar-refractivity contribution in [1.29, 1.82) is 0 Å². The van der Waals surface area contributed by atoms with Gasteiger partial charge in [-0.15, -0.1) is 0 Å². The first-order valence-electron chi connectivity index (χ1n) is 8.09. The van der Waals surface area contributed by atoms with Crippen molar-refractivity contribution in [3.63, 3.8) is 0 Å². The lowest BCUT2D eigenvalue weighted by Gasteiger charge is -2.23. The zero-order valence-corrected chi connectivity index (χ0v) is 13.5. The summed E-state index contributed by atoms with van der Waals surface area (Å²) in [6.45, 7) is 10.1. The van der Waals surface area contributed by atoms with Crippen LogP contribution >= 0.6 is 0 Å². The first-order chi connectivity index (χ1) is 10.2. The Morgan fingerprint density at radius 3 is 2.76 bits per heavy atom. The topological polar surface area (TPSA) is 39.7 Å². The molecule has 0 atom stereocenters. The minimum absolute atomic E-state index is 0.641. The van der Waals surface area contributed by atoms with E-state index < -0.39 is 0 Å². The van der Waals surface area contributed by atoms with Crippen LogP contribution in [-0.2, 0) is 0 Å². The van der Waals surface area contributed by atoms with Crippen LogP contribution in [0.5, 0.6) is 0 Å². The summed E-state index contributed by atoms with van der Waals surface area (Å²) in [5.41, 5.74) is 2.59. The number of guanidine groups is 1. The van der Waals surface area contributed by atoms with Crippen molar-refractivity contribution in [1.82, 2.24) is 10.6 Å². The van der Waals surface area contributed by atoms with Crippen LogP contribution in [0.2, 0.25) is 0 Å². The van der Waals surface area contributed by atoms with Crippen LogP contribution in [0.3, 0.4) is 0 Å². The van der Waals surface area contributed by atoms with Gasteiger partial charge in [0, 0.05) is 31.4 Å². The number of hydrogen-bond acceptors (Lipinski definition) is 2. The van der Waals surface area contributed by atoms with E-state index >= 15 is 0 Å². The standard InChI is InChI=1S/C17H28N4/c1-4-18-17(20-15-9-10-15)19-11-12-21(5-2)16-8-6-7-14(3)13-16/h6-8,13,15H,4-5,9-12H2,1-3H3,(H2,18,19,20). The quantitative estimate of drug-likeness (QED) is 0.598. The van der Waals surface area contributed by atoms with E-state index in [1.807, 2.05) is 0 Å². The molecule has 0 amide bonds. The van der Waals surface area contributed by atoms with Crippen molar-refractivity contribution in [2.24, 2.45) is 4.99 Å². The summed E-state index contributed by atoms with van der Waals surface area (Å²) < 4.78 is 0. The maximum Gasteiger partial charge on any atom is 0.191 e. The number of likely N-dealkylation sites (N-methyl/N-ethyl adjacent to an activating group) is 1. The summed E-state index contributed by atoms with van der Waals surface area (Å²) in [5.74, 6) is 0.959. The molecule has 1 aliphatic rings. The fourth-order valence-electron chi connectivity index (χ4n) is 2.32. The average molecular weight is 288 g/mol. The van der Waals surface area contributed by atoms with E-state index in [1.54, 1.807) is 0 Å². The third kappa shape index (κ3) is 5.29. The van der Waals surface area contributed by atoms with Gasteiger partial charge in [0.1, 0.15) is 0 Å². The fourth-order valence-corrected chi connectivity index (χ4v) is 2.32. The van der Waals surface area contributed by atoms with E-state index in [-0.39, 0.29) is 0 Å². The number of benzene rings is 1. The third-order valence-electron chi connectivity index (χ3n) is 3.65. The number of hydrogen-bond donors (Lipinski definition) is 2. The van der Waals surface area contributed by atoms with Gasteiger partial charge in [-0.2, -0.15) is 0 Å². The summed E-state index contributed by atoms with van der Waals surface area (Å²) in [6.07, 6.45) is 2.55. The average Bonchev–Trinajstić information content (AvgIpc) is 3.27. The smallest absolute Gasteiger partial charge is 0.191 e. The molecule has 2 rings (SSSR count). The fraction of sp³-hybridized carbons (Fsp3) is 0.588. The maximum atomic E-state index is 4.68. The molecule has 1 aromatic carbocycles. The van der Waals surface area contributed by atoms with E-state index in [4.69, 9.17) is 0 Å². The molecular weight excluding hydrogens is 260 g/mol. The largest absolute Gasteiger partial charge is 0.370 e.